The zero-order valence-corrected chi connectivity index (χ0v) is 20.2. The van der Waals surface area contributed by atoms with Crippen LogP contribution in [0.3, 0.4) is 0 Å². The van der Waals surface area contributed by atoms with Crippen LogP contribution in [0.2, 0.25) is 5.02 Å². The monoisotopic (exact) mass is 480 g/mol. The highest BCUT2D eigenvalue weighted by molar-refractivity contribution is 6.33. The summed E-state index contributed by atoms with van der Waals surface area (Å²) in [5, 5.41) is 5.46. The summed E-state index contributed by atoms with van der Waals surface area (Å²) in [6.45, 7) is 6.10. The van der Waals surface area contributed by atoms with Crippen molar-refractivity contribution in [3.63, 3.8) is 0 Å². The molecular formula is C26H26ClFN4O2. The van der Waals surface area contributed by atoms with Crippen molar-refractivity contribution in [1.29, 1.82) is 0 Å². The van der Waals surface area contributed by atoms with Gasteiger partial charge in [0.15, 0.2) is 5.65 Å². The number of halogens is 2. The van der Waals surface area contributed by atoms with Crippen LogP contribution in [0.1, 0.15) is 35.9 Å². The largest absolute Gasteiger partial charge is 0.497 e. The fourth-order valence-corrected chi connectivity index (χ4v) is 4.83. The van der Waals surface area contributed by atoms with Gasteiger partial charge in [-0.25, -0.2) is 9.37 Å². The summed E-state index contributed by atoms with van der Waals surface area (Å²) in [6, 6.07) is 12.5. The van der Waals surface area contributed by atoms with E-state index in [1.807, 2.05) is 35.7 Å². The Labute approximate surface area is 202 Å². The zero-order valence-electron chi connectivity index (χ0n) is 19.4. The molecule has 176 valence electrons. The molecule has 0 fully saturated rings. The van der Waals surface area contributed by atoms with Crippen molar-refractivity contribution in [3.8, 4) is 16.9 Å². The van der Waals surface area contributed by atoms with Crippen molar-refractivity contribution in [2.24, 2.45) is 0 Å². The van der Waals surface area contributed by atoms with Crippen LogP contribution in [-0.2, 0) is 24.5 Å². The number of fused-ring (bicyclic) bond motifs is 2. The molecule has 0 unspecified atom stereocenters. The van der Waals surface area contributed by atoms with E-state index in [4.69, 9.17) is 31.2 Å². The van der Waals surface area contributed by atoms with Gasteiger partial charge in [0, 0.05) is 29.8 Å². The normalized spacial score (nSPS) is 12.9. The molecule has 1 aliphatic heterocycles. The van der Waals surface area contributed by atoms with E-state index in [9.17, 15) is 4.39 Å². The number of ether oxygens (including phenoxy) is 2. The van der Waals surface area contributed by atoms with E-state index in [2.05, 4.69) is 11.8 Å². The van der Waals surface area contributed by atoms with E-state index >= 15 is 0 Å². The molecule has 0 N–H and O–H groups in total. The molecule has 0 amide bonds. The van der Waals surface area contributed by atoms with Crippen LogP contribution >= 0.6 is 11.6 Å². The lowest BCUT2D eigenvalue weighted by Crippen LogP contribution is -2.28. The molecule has 8 heteroatoms. The molecule has 0 saturated heterocycles. The molecule has 2 aromatic heterocycles. The molecule has 0 saturated carbocycles. The third-order valence-corrected chi connectivity index (χ3v) is 6.45. The second-order valence-electron chi connectivity index (χ2n) is 8.41. The zero-order chi connectivity index (χ0) is 23.8. The number of anilines is 1. The SMILES string of the molecule is CCCN(Cc1ccccc1F)c1c2c(nc3c(-c4ccc(OC)cc4Cl)c(C)nn13)COC2. The summed E-state index contributed by atoms with van der Waals surface area (Å²) in [4.78, 5) is 7.12. The van der Waals surface area contributed by atoms with Crippen LogP contribution < -0.4 is 9.64 Å². The van der Waals surface area contributed by atoms with Crippen LogP contribution in [0.25, 0.3) is 16.8 Å². The van der Waals surface area contributed by atoms with Crippen molar-refractivity contribution in [3.05, 3.63) is 75.8 Å². The molecule has 0 bridgehead atoms. The van der Waals surface area contributed by atoms with E-state index in [1.54, 1.807) is 19.2 Å². The number of hydrogen-bond donors (Lipinski definition) is 0. The Morgan fingerprint density at radius 1 is 1.21 bits per heavy atom. The van der Waals surface area contributed by atoms with Crippen molar-refractivity contribution in [2.75, 3.05) is 18.6 Å². The molecule has 0 atom stereocenters. The highest BCUT2D eigenvalue weighted by Crippen LogP contribution is 2.39. The summed E-state index contributed by atoms with van der Waals surface area (Å²) >= 11 is 6.64. The van der Waals surface area contributed by atoms with Gasteiger partial charge in [-0.2, -0.15) is 9.61 Å². The van der Waals surface area contributed by atoms with E-state index in [0.29, 0.717) is 41.7 Å². The van der Waals surface area contributed by atoms with Crippen LogP contribution in [0.15, 0.2) is 42.5 Å². The third-order valence-electron chi connectivity index (χ3n) is 6.14. The standard InChI is InChI=1S/C26H26ClFN4O2/c1-4-11-31(13-17-7-5-6-8-22(17)28)26-20-14-34-15-23(20)29-25-24(16(2)30-32(25)26)19-10-9-18(33-3)12-21(19)27/h5-10,12H,4,11,13-15H2,1-3H3. The Bertz CT molecular complexity index is 1370. The smallest absolute Gasteiger partial charge is 0.165 e. The third kappa shape index (κ3) is 3.89. The maximum absolute atomic E-state index is 14.6. The van der Waals surface area contributed by atoms with Crippen molar-refractivity contribution < 1.29 is 13.9 Å². The highest BCUT2D eigenvalue weighted by atomic mass is 35.5. The average molecular weight is 481 g/mol. The Morgan fingerprint density at radius 2 is 2.03 bits per heavy atom. The predicted octanol–water partition coefficient (Wildman–Crippen LogP) is 5.95. The molecule has 0 spiro atoms. The molecular weight excluding hydrogens is 455 g/mol. The van der Waals surface area contributed by atoms with Gasteiger partial charge in [0.2, 0.25) is 0 Å². The van der Waals surface area contributed by atoms with Crippen molar-refractivity contribution in [2.45, 2.75) is 40.0 Å². The van der Waals surface area contributed by atoms with Crippen LogP contribution in [0.4, 0.5) is 10.2 Å². The molecule has 6 nitrogen and oxygen atoms in total. The van der Waals surface area contributed by atoms with Crippen LogP contribution in [0.5, 0.6) is 5.75 Å². The van der Waals surface area contributed by atoms with Gasteiger partial charge in [0.05, 0.1) is 42.3 Å². The van der Waals surface area contributed by atoms with Gasteiger partial charge in [-0.1, -0.05) is 36.7 Å². The minimum absolute atomic E-state index is 0.218. The van der Waals surface area contributed by atoms with Gasteiger partial charge >= 0.3 is 0 Å². The molecule has 3 heterocycles. The first-order chi connectivity index (χ1) is 16.5. The van der Waals surface area contributed by atoms with E-state index in [0.717, 1.165) is 46.9 Å². The van der Waals surface area contributed by atoms with Crippen LogP contribution in [-0.4, -0.2) is 28.3 Å². The second kappa shape index (κ2) is 9.24. The maximum atomic E-state index is 14.6. The number of aromatic nitrogens is 3. The topological polar surface area (TPSA) is 51.9 Å². The Kier molecular flexibility index (Phi) is 6.15. The molecule has 0 radical (unpaired) electrons. The van der Waals surface area contributed by atoms with E-state index in [1.165, 1.54) is 6.07 Å². The van der Waals surface area contributed by atoms with Gasteiger partial charge < -0.3 is 14.4 Å². The number of methoxy groups -OCH3 is 1. The first kappa shape index (κ1) is 22.6. The van der Waals surface area contributed by atoms with Crippen LogP contribution in [0, 0.1) is 12.7 Å². The van der Waals surface area contributed by atoms with Crippen molar-refractivity contribution in [1.82, 2.24) is 14.6 Å². The van der Waals surface area contributed by atoms with Gasteiger partial charge in [-0.05, 0) is 37.6 Å². The number of aryl methyl sites for hydroxylation is 1. The predicted molar refractivity (Wildman–Crippen MR) is 131 cm³/mol. The summed E-state index contributed by atoms with van der Waals surface area (Å²) in [5.74, 6) is 1.36. The summed E-state index contributed by atoms with van der Waals surface area (Å²) in [5.41, 5.74) is 5.73. The molecule has 34 heavy (non-hydrogen) atoms. The fourth-order valence-electron chi connectivity index (χ4n) is 4.56. The lowest BCUT2D eigenvalue weighted by Gasteiger charge is -2.27. The second-order valence-corrected chi connectivity index (χ2v) is 8.82. The van der Waals surface area contributed by atoms with Gasteiger partial charge in [-0.15, -0.1) is 0 Å². The van der Waals surface area contributed by atoms with Gasteiger partial charge in [0.1, 0.15) is 17.4 Å². The van der Waals surface area contributed by atoms with Crippen molar-refractivity contribution >= 4 is 23.1 Å². The van der Waals surface area contributed by atoms with Gasteiger partial charge in [-0.3, -0.25) is 0 Å². The number of rotatable bonds is 7. The summed E-state index contributed by atoms with van der Waals surface area (Å²) in [6.07, 6.45) is 0.894. The molecule has 2 aromatic carbocycles. The lowest BCUT2D eigenvalue weighted by molar-refractivity contribution is 0.133. The lowest BCUT2D eigenvalue weighted by atomic mass is 10.1. The summed E-state index contributed by atoms with van der Waals surface area (Å²) in [7, 11) is 1.61. The van der Waals surface area contributed by atoms with E-state index < -0.39 is 0 Å². The quantitative estimate of drug-likeness (QED) is 0.327. The highest BCUT2D eigenvalue weighted by Gasteiger charge is 2.28. The number of benzene rings is 2. The summed E-state index contributed by atoms with van der Waals surface area (Å²) < 4.78 is 27.5. The average Bonchev–Trinajstić information content (AvgIpc) is 3.42. The first-order valence-electron chi connectivity index (χ1n) is 11.3. The fraction of sp³-hybridized carbons (Fsp3) is 0.308. The molecule has 4 aromatic rings. The molecule has 1 aliphatic rings. The van der Waals surface area contributed by atoms with Gasteiger partial charge in [0.25, 0.3) is 0 Å². The maximum Gasteiger partial charge on any atom is 0.165 e. The minimum Gasteiger partial charge on any atom is -0.497 e. The van der Waals surface area contributed by atoms with E-state index in [-0.39, 0.29) is 5.82 Å². The molecule has 0 aliphatic carbocycles. The number of hydrogen-bond acceptors (Lipinski definition) is 5. The Hall–Kier alpha value is -3.16. The molecule has 5 rings (SSSR count). The Balaban J connectivity index is 1.72. The first-order valence-corrected chi connectivity index (χ1v) is 11.7. The minimum atomic E-state index is -0.218. The Morgan fingerprint density at radius 3 is 2.76 bits per heavy atom. The number of nitrogens with zero attached hydrogens (tertiary/aromatic N) is 4.